The van der Waals surface area contributed by atoms with Gasteiger partial charge in [-0.15, -0.1) is 0 Å². The molecular formula is C25H28B6IrN14-6. The van der Waals surface area contributed by atoms with Crippen molar-refractivity contribution in [3.63, 3.8) is 0 Å². The zero-order valence-electron chi connectivity index (χ0n) is 25.3. The third-order valence-electron chi connectivity index (χ3n) is 7.85. The van der Waals surface area contributed by atoms with Gasteiger partial charge in [0.25, 0.3) is 15.1 Å². The van der Waals surface area contributed by atoms with Gasteiger partial charge in [0, 0.05) is 71.4 Å². The van der Waals surface area contributed by atoms with Gasteiger partial charge < -0.3 is 67.0 Å². The Morgan fingerprint density at radius 1 is 0.761 bits per heavy atom. The number of hydrogen-bond donors (Lipinski definition) is 4. The molecule has 5 aliphatic rings. The molecule has 0 aliphatic carbocycles. The Hall–Kier alpha value is -3.27. The third-order valence-corrected chi connectivity index (χ3v) is 7.85. The number of pyridine rings is 2. The van der Waals surface area contributed by atoms with E-state index in [4.69, 9.17) is 0 Å². The summed E-state index contributed by atoms with van der Waals surface area (Å²) in [4.78, 5) is 21.5. The summed E-state index contributed by atoms with van der Waals surface area (Å²) in [6.07, 6.45) is 7.44. The Morgan fingerprint density at radius 2 is 1.22 bits per heavy atom. The summed E-state index contributed by atoms with van der Waals surface area (Å²) < 4.78 is 0. The van der Waals surface area contributed by atoms with E-state index < -0.39 is 0 Å². The molecule has 8 rings (SSSR count). The van der Waals surface area contributed by atoms with Crippen molar-refractivity contribution >= 4 is 78.8 Å². The quantitative estimate of drug-likeness (QED) is 0.219. The largest absolute Gasteiger partial charge is 0.670 e. The van der Waals surface area contributed by atoms with Crippen molar-refractivity contribution in [2.24, 2.45) is 0 Å². The van der Waals surface area contributed by atoms with Gasteiger partial charge in [0.05, 0.1) is 0 Å². The third kappa shape index (κ3) is 6.21. The fourth-order valence-electron chi connectivity index (χ4n) is 5.60. The summed E-state index contributed by atoms with van der Waals surface area (Å²) in [5, 5.41) is 20.5. The van der Waals surface area contributed by atoms with Gasteiger partial charge in [-0.05, 0) is 38.4 Å². The van der Waals surface area contributed by atoms with Gasteiger partial charge >= 0.3 is 0 Å². The van der Waals surface area contributed by atoms with Crippen molar-refractivity contribution in [1.29, 1.82) is 0 Å². The first-order chi connectivity index (χ1) is 22.0. The molecule has 7 heterocycles. The summed E-state index contributed by atoms with van der Waals surface area (Å²) in [6.45, 7) is 12.6. The number of rotatable bonds is 4. The minimum atomic E-state index is -0.148. The van der Waals surface area contributed by atoms with Crippen LogP contribution in [-0.4, -0.2) is 84.3 Å². The number of fused-ring (bicyclic) bond motifs is 2. The van der Waals surface area contributed by atoms with E-state index in [0.717, 1.165) is 39.9 Å². The molecule has 5 radical (unpaired) electrons. The van der Waals surface area contributed by atoms with Crippen LogP contribution in [0, 0.1) is 27.2 Å². The van der Waals surface area contributed by atoms with Crippen molar-refractivity contribution in [3.05, 3.63) is 110 Å². The van der Waals surface area contributed by atoms with E-state index in [-0.39, 0.29) is 40.5 Å². The number of nitrogens with one attached hydrogen (secondary N) is 4. The Kier molecular flexibility index (Phi) is 10.1. The van der Waals surface area contributed by atoms with Crippen LogP contribution < -0.4 is 40.2 Å². The molecular weight excluding hydrogens is 753 g/mol. The average molecular weight is 782 g/mol. The van der Waals surface area contributed by atoms with Gasteiger partial charge in [-0.2, -0.15) is 25.8 Å². The van der Waals surface area contributed by atoms with E-state index in [2.05, 4.69) is 98.5 Å². The molecule has 1 aromatic carbocycles. The van der Waals surface area contributed by atoms with Gasteiger partial charge in [-0.3, -0.25) is 0 Å². The van der Waals surface area contributed by atoms with Crippen LogP contribution >= 0.6 is 0 Å². The molecule has 21 heteroatoms. The molecule has 4 N–H and O–H groups in total. The maximum atomic E-state index is 4.57. The van der Waals surface area contributed by atoms with Crippen LogP contribution in [0.4, 0.5) is 34.4 Å². The average Bonchev–Trinajstić information content (AvgIpc) is 3.75. The summed E-state index contributed by atoms with van der Waals surface area (Å²) in [5.74, 6) is 1.81. The molecule has 0 saturated carbocycles. The zero-order chi connectivity index (χ0) is 30.9. The van der Waals surface area contributed by atoms with Gasteiger partial charge in [0.15, 0.2) is 14.2 Å². The van der Waals surface area contributed by atoms with E-state index in [9.17, 15) is 0 Å². The molecule has 3 aromatic rings. The molecule has 0 amide bonds. The first kappa shape index (κ1) is 32.7. The number of nitrogens with zero attached hydrogens (tertiary/aromatic N) is 10. The molecule has 0 atom stereocenters. The first-order valence-corrected chi connectivity index (χ1v) is 14.4. The molecule has 2 fully saturated rings. The summed E-state index contributed by atoms with van der Waals surface area (Å²) in [7, 11) is 10.5. The summed E-state index contributed by atoms with van der Waals surface area (Å²) >= 11 is 0. The van der Waals surface area contributed by atoms with Gasteiger partial charge in [0.2, 0.25) is 0 Å². The first-order valence-electron chi connectivity index (χ1n) is 14.4. The standard InChI is InChI=1S/C21H19N6.C4H9B6N8.Ir/c1-15-16(26-13-24(2)18-9-5-11-22-20(18)26)7-4-8-17(15)27-14-25(3)19-10-6-12-23-21(19)27;1-4-17(9-13-5-11-6-14-9)2-3-18(4)10-15-7-12-8-16-10;/h4-14H,1H2,2-3H3;2-4,11-13,15H,1H2;/q2*-3;. The van der Waals surface area contributed by atoms with Crippen LogP contribution in [0.1, 0.15) is 5.56 Å². The minimum absolute atomic E-state index is 0. The summed E-state index contributed by atoms with van der Waals surface area (Å²) in [6, 6.07) is 14.2. The molecule has 0 bridgehead atoms. The number of anilines is 6. The zero-order valence-corrected chi connectivity index (χ0v) is 27.7. The van der Waals surface area contributed by atoms with Gasteiger partial charge in [-0.1, -0.05) is 35.7 Å². The number of benzene rings is 1. The van der Waals surface area contributed by atoms with Crippen LogP contribution in [0.3, 0.4) is 0 Å². The van der Waals surface area contributed by atoms with E-state index in [0.29, 0.717) is 0 Å². The van der Waals surface area contributed by atoms with Crippen molar-refractivity contribution in [2.45, 2.75) is 6.17 Å². The van der Waals surface area contributed by atoms with Crippen molar-refractivity contribution < 1.29 is 20.1 Å². The Morgan fingerprint density at radius 3 is 1.65 bits per heavy atom. The van der Waals surface area contributed by atoms with E-state index in [1.165, 1.54) is 0 Å². The minimum Gasteiger partial charge on any atom is -0.670 e. The van der Waals surface area contributed by atoms with Crippen molar-refractivity contribution in [2.75, 3.05) is 33.7 Å². The SMILES string of the molecule is [CH2-]C1N(B2[N-][B]N[B]N2)C=CN1B1[N-][B]N[B]N1.[CH2-]c1c(N2[CH-]N(C)c3cccnc32)cccc1N1[CH-]N(C)c2cccnc21.[Ir]. The Labute approximate surface area is 288 Å². The smallest absolute Gasteiger partial charge is 0.281 e. The fraction of sp³-hybridized carbons (Fsp3) is 0.120. The molecule has 2 saturated heterocycles. The maximum Gasteiger partial charge on any atom is 0.281 e. The van der Waals surface area contributed by atoms with Gasteiger partial charge in [-0.25, -0.2) is 9.97 Å². The number of hydrogen-bond acceptors (Lipinski definition) is 12. The second kappa shape index (κ2) is 14.2. The van der Waals surface area contributed by atoms with E-state index in [1.807, 2.05) is 80.0 Å². The Bertz CT molecular complexity index is 1430. The molecule has 2 aromatic heterocycles. The number of aromatic nitrogens is 2. The molecule has 0 unspecified atom stereocenters. The van der Waals surface area contributed by atoms with E-state index in [1.54, 1.807) is 30.2 Å². The van der Waals surface area contributed by atoms with Crippen molar-refractivity contribution in [1.82, 2.24) is 40.1 Å². The molecule has 231 valence electrons. The molecule has 5 aliphatic heterocycles. The predicted octanol–water partition coefficient (Wildman–Crippen LogP) is 0.546. The molecule has 14 nitrogen and oxygen atoms in total. The molecule has 0 spiro atoms. The van der Waals surface area contributed by atoms with Crippen LogP contribution in [0.15, 0.2) is 67.3 Å². The van der Waals surface area contributed by atoms with E-state index >= 15 is 0 Å². The van der Waals surface area contributed by atoms with Crippen LogP contribution in [0.25, 0.3) is 10.3 Å². The van der Waals surface area contributed by atoms with Crippen LogP contribution in [0.5, 0.6) is 0 Å². The van der Waals surface area contributed by atoms with Crippen LogP contribution in [-0.2, 0) is 20.1 Å². The monoisotopic (exact) mass is 783 g/mol. The summed E-state index contributed by atoms with van der Waals surface area (Å²) in [5.41, 5.74) is 5.06. The maximum absolute atomic E-state index is 4.57. The molecule has 46 heavy (non-hydrogen) atoms. The van der Waals surface area contributed by atoms with Crippen LogP contribution in [0.2, 0.25) is 0 Å². The second-order valence-electron chi connectivity index (χ2n) is 10.6. The second-order valence-corrected chi connectivity index (χ2v) is 10.6. The fourth-order valence-corrected chi connectivity index (χ4v) is 5.60. The normalized spacial score (nSPS) is 18.6. The van der Waals surface area contributed by atoms with Crippen molar-refractivity contribution in [3.8, 4) is 0 Å². The Balaban J connectivity index is 0.000000171. The predicted molar refractivity (Wildman–Crippen MR) is 185 cm³/mol. The topological polar surface area (TPSA) is 122 Å². The van der Waals surface area contributed by atoms with Gasteiger partial charge in [0.1, 0.15) is 11.6 Å².